The number of hydrogen-bond donors (Lipinski definition) is 0. The van der Waals surface area contributed by atoms with Crippen LogP contribution in [0.15, 0.2) is 18.2 Å². The standard InChI is InChI=1S/C17H27FN2O2/c1-7-13-10-14(18)12-15(11-13)20(9-8-19(5)6)16(21)22-17(2,3)4/h10-12H,7-9H2,1-6H3. The fourth-order valence-corrected chi connectivity index (χ4v) is 1.94. The lowest BCUT2D eigenvalue weighted by molar-refractivity contribution is 0.0578. The first kappa shape index (κ1) is 18.4. The van der Waals surface area contributed by atoms with Crippen LogP contribution in [0.2, 0.25) is 0 Å². The Labute approximate surface area is 132 Å². The van der Waals surface area contributed by atoms with E-state index < -0.39 is 11.7 Å². The second-order valence-electron chi connectivity index (χ2n) is 6.61. The molecule has 0 atom stereocenters. The van der Waals surface area contributed by atoms with E-state index in [0.717, 1.165) is 5.56 Å². The van der Waals surface area contributed by atoms with Crippen molar-refractivity contribution in [1.82, 2.24) is 4.90 Å². The molecule has 0 aliphatic carbocycles. The summed E-state index contributed by atoms with van der Waals surface area (Å²) >= 11 is 0. The number of likely N-dealkylation sites (N-methyl/N-ethyl adjacent to an activating group) is 1. The second-order valence-corrected chi connectivity index (χ2v) is 6.61. The van der Waals surface area contributed by atoms with Crippen LogP contribution in [0, 0.1) is 5.82 Å². The summed E-state index contributed by atoms with van der Waals surface area (Å²) in [7, 11) is 3.85. The number of aryl methyl sites for hydroxylation is 1. The van der Waals surface area contributed by atoms with Gasteiger partial charge in [0.25, 0.3) is 0 Å². The Morgan fingerprint density at radius 3 is 2.32 bits per heavy atom. The first-order chi connectivity index (χ1) is 10.1. The zero-order valence-corrected chi connectivity index (χ0v) is 14.4. The van der Waals surface area contributed by atoms with E-state index in [9.17, 15) is 9.18 Å². The Morgan fingerprint density at radius 1 is 1.18 bits per heavy atom. The second kappa shape index (κ2) is 7.58. The zero-order chi connectivity index (χ0) is 16.9. The van der Waals surface area contributed by atoms with Crippen LogP contribution in [0.1, 0.15) is 33.3 Å². The van der Waals surface area contributed by atoms with E-state index in [1.807, 2.05) is 52.8 Å². The smallest absolute Gasteiger partial charge is 0.414 e. The first-order valence-corrected chi connectivity index (χ1v) is 7.57. The predicted molar refractivity (Wildman–Crippen MR) is 87.9 cm³/mol. The van der Waals surface area contributed by atoms with Gasteiger partial charge in [-0.25, -0.2) is 9.18 Å². The molecular weight excluding hydrogens is 283 g/mol. The summed E-state index contributed by atoms with van der Waals surface area (Å²) < 4.78 is 19.2. The highest BCUT2D eigenvalue weighted by atomic mass is 19.1. The molecule has 0 radical (unpaired) electrons. The Kier molecular flexibility index (Phi) is 6.35. The van der Waals surface area contributed by atoms with Gasteiger partial charge in [0.15, 0.2) is 0 Å². The molecule has 0 spiro atoms. The Hall–Kier alpha value is -1.62. The highest BCUT2D eigenvalue weighted by molar-refractivity contribution is 5.88. The summed E-state index contributed by atoms with van der Waals surface area (Å²) in [6.45, 7) is 8.51. The van der Waals surface area contributed by atoms with Gasteiger partial charge in [0.05, 0.1) is 5.69 Å². The molecule has 22 heavy (non-hydrogen) atoms. The number of carbonyl (C=O) groups excluding carboxylic acids is 1. The molecule has 0 heterocycles. The van der Waals surface area contributed by atoms with Crippen molar-refractivity contribution in [1.29, 1.82) is 0 Å². The Balaban J connectivity index is 3.08. The van der Waals surface area contributed by atoms with E-state index in [0.29, 0.717) is 25.2 Å². The summed E-state index contributed by atoms with van der Waals surface area (Å²) in [5.74, 6) is -0.340. The van der Waals surface area contributed by atoms with Crippen molar-refractivity contribution >= 4 is 11.8 Å². The van der Waals surface area contributed by atoms with Crippen molar-refractivity contribution < 1.29 is 13.9 Å². The lowest BCUT2D eigenvalue weighted by atomic mass is 10.1. The molecule has 124 valence electrons. The number of benzene rings is 1. The molecule has 5 heteroatoms. The molecule has 0 N–H and O–H groups in total. The van der Waals surface area contributed by atoms with E-state index in [1.54, 1.807) is 0 Å². The minimum atomic E-state index is -0.589. The van der Waals surface area contributed by atoms with Gasteiger partial charge in [-0.2, -0.15) is 0 Å². The van der Waals surface area contributed by atoms with Crippen LogP contribution in [0.3, 0.4) is 0 Å². The van der Waals surface area contributed by atoms with Crippen molar-refractivity contribution in [2.75, 3.05) is 32.1 Å². The normalized spacial score (nSPS) is 11.6. The third-order valence-electron chi connectivity index (χ3n) is 3.05. The summed E-state index contributed by atoms with van der Waals surface area (Å²) in [5.41, 5.74) is 0.801. The van der Waals surface area contributed by atoms with E-state index >= 15 is 0 Å². The van der Waals surface area contributed by atoms with E-state index in [1.165, 1.54) is 17.0 Å². The van der Waals surface area contributed by atoms with Gasteiger partial charge in [0, 0.05) is 13.1 Å². The molecule has 0 aliphatic heterocycles. The van der Waals surface area contributed by atoms with Crippen LogP contribution < -0.4 is 4.90 Å². The number of anilines is 1. The van der Waals surface area contributed by atoms with Gasteiger partial charge in [-0.3, -0.25) is 4.90 Å². The Morgan fingerprint density at radius 2 is 1.82 bits per heavy atom. The average molecular weight is 310 g/mol. The van der Waals surface area contributed by atoms with Crippen LogP contribution in [-0.4, -0.2) is 43.8 Å². The first-order valence-electron chi connectivity index (χ1n) is 7.57. The van der Waals surface area contributed by atoms with Gasteiger partial charge in [-0.15, -0.1) is 0 Å². The minimum absolute atomic E-state index is 0.340. The van der Waals surface area contributed by atoms with Gasteiger partial charge in [0.2, 0.25) is 0 Å². The number of rotatable bonds is 5. The largest absolute Gasteiger partial charge is 0.443 e. The van der Waals surface area contributed by atoms with Crippen molar-refractivity contribution in [3.05, 3.63) is 29.6 Å². The number of ether oxygens (including phenoxy) is 1. The van der Waals surface area contributed by atoms with Crippen LogP contribution in [0.5, 0.6) is 0 Å². The summed E-state index contributed by atoms with van der Waals surface area (Å²) in [5, 5.41) is 0. The topological polar surface area (TPSA) is 32.8 Å². The van der Waals surface area contributed by atoms with Crippen LogP contribution >= 0.6 is 0 Å². The van der Waals surface area contributed by atoms with E-state index in [4.69, 9.17) is 4.74 Å². The molecule has 4 nitrogen and oxygen atoms in total. The monoisotopic (exact) mass is 310 g/mol. The minimum Gasteiger partial charge on any atom is -0.443 e. The number of amides is 1. The highest BCUT2D eigenvalue weighted by Crippen LogP contribution is 2.21. The van der Waals surface area contributed by atoms with Crippen molar-refractivity contribution in [2.24, 2.45) is 0 Å². The molecule has 0 aliphatic rings. The molecule has 1 aromatic carbocycles. The Bertz CT molecular complexity index is 510. The zero-order valence-electron chi connectivity index (χ0n) is 14.4. The molecule has 0 saturated heterocycles. The van der Waals surface area contributed by atoms with Crippen molar-refractivity contribution in [2.45, 2.75) is 39.7 Å². The van der Waals surface area contributed by atoms with E-state index in [-0.39, 0.29) is 5.82 Å². The van der Waals surface area contributed by atoms with Gasteiger partial charge in [-0.1, -0.05) is 6.92 Å². The maximum Gasteiger partial charge on any atom is 0.414 e. The highest BCUT2D eigenvalue weighted by Gasteiger charge is 2.24. The lowest BCUT2D eigenvalue weighted by Gasteiger charge is -2.28. The molecule has 1 amide bonds. The lowest BCUT2D eigenvalue weighted by Crippen LogP contribution is -2.40. The molecule has 0 fully saturated rings. The maximum atomic E-state index is 13.8. The molecule has 1 aromatic rings. The fourth-order valence-electron chi connectivity index (χ4n) is 1.94. The number of nitrogens with zero attached hydrogens (tertiary/aromatic N) is 2. The van der Waals surface area contributed by atoms with Crippen LogP contribution in [0.25, 0.3) is 0 Å². The predicted octanol–water partition coefficient (Wildman–Crippen LogP) is 3.69. The van der Waals surface area contributed by atoms with Gasteiger partial charge in [0.1, 0.15) is 11.4 Å². The molecule has 0 unspecified atom stereocenters. The average Bonchev–Trinajstić information content (AvgIpc) is 2.35. The van der Waals surface area contributed by atoms with Crippen molar-refractivity contribution in [3.8, 4) is 0 Å². The van der Waals surface area contributed by atoms with Gasteiger partial charge in [-0.05, 0) is 65.0 Å². The van der Waals surface area contributed by atoms with E-state index in [2.05, 4.69) is 0 Å². The summed E-state index contributed by atoms with van der Waals surface area (Å²) in [6.07, 6.45) is 0.252. The van der Waals surface area contributed by atoms with Crippen LogP contribution in [0.4, 0.5) is 14.9 Å². The quantitative estimate of drug-likeness (QED) is 0.831. The molecule has 0 aromatic heterocycles. The van der Waals surface area contributed by atoms with Gasteiger partial charge < -0.3 is 9.64 Å². The molecule has 0 saturated carbocycles. The molecule has 0 bridgehead atoms. The van der Waals surface area contributed by atoms with Crippen LogP contribution in [-0.2, 0) is 11.2 Å². The van der Waals surface area contributed by atoms with Crippen molar-refractivity contribution in [3.63, 3.8) is 0 Å². The van der Waals surface area contributed by atoms with Gasteiger partial charge >= 0.3 is 6.09 Å². The summed E-state index contributed by atoms with van der Waals surface area (Å²) in [6, 6.07) is 4.70. The fraction of sp³-hybridized carbons (Fsp3) is 0.588. The number of hydrogen-bond acceptors (Lipinski definition) is 3. The third kappa shape index (κ3) is 6.02. The molecule has 1 rings (SSSR count). The number of halogens is 1. The third-order valence-corrected chi connectivity index (χ3v) is 3.05. The summed E-state index contributed by atoms with van der Waals surface area (Å²) in [4.78, 5) is 15.9. The SMILES string of the molecule is CCc1cc(F)cc(N(CCN(C)C)C(=O)OC(C)(C)C)c1. The maximum absolute atomic E-state index is 13.8. The molecular formula is C17H27FN2O2. The number of carbonyl (C=O) groups is 1.